The molecule has 1 fully saturated rings. The van der Waals surface area contributed by atoms with Crippen LogP contribution in [0.2, 0.25) is 5.02 Å². The molecular weight excluding hydrogens is 472 g/mol. The van der Waals surface area contributed by atoms with Crippen molar-refractivity contribution in [1.29, 1.82) is 0 Å². The molecular formula is C28H25ClN6O. The standard InChI is InChI=1S/C28H25ClN6O/c29-23-11-9-20(10-12-23)27-22(19-35(32-27)24-6-2-1-3-7-24)18-26(36)33-16-13-21(14-17-33)28-31-30-25-8-4-5-15-34(25)28/h1-12,15,19,21H,13-14,16-18H2. The van der Waals surface area contributed by atoms with Crippen LogP contribution in [0.1, 0.15) is 30.1 Å². The molecule has 0 N–H and O–H groups in total. The number of likely N-dealkylation sites (tertiary alicyclic amines) is 1. The summed E-state index contributed by atoms with van der Waals surface area (Å²) in [6.45, 7) is 1.41. The number of carbonyl (C=O) groups excluding carboxylic acids is 1. The maximum absolute atomic E-state index is 13.4. The Balaban J connectivity index is 1.21. The van der Waals surface area contributed by atoms with Crippen LogP contribution in [-0.4, -0.2) is 48.3 Å². The van der Waals surface area contributed by atoms with Crippen LogP contribution in [0.25, 0.3) is 22.6 Å². The van der Waals surface area contributed by atoms with E-state index in [0.717, 1.165) is 46.8 Å². The SMILES string of the molecule is O=C(Cc1cn(-c2ccccc2)nc1-c1ccc(Cl)cc1)N1CCC(c2nnc3ccccn23)CC1. The number of nitrogens with zero attached hydrogens (tertiary/aromatic N) is 6. The summed E-state index contributed by atoms with van der Waals surface area (Å²) in [5.41, 5.74) is 4.45. The summed E-state index contributed by atoms with van der Waals surface area (Å²) in [5.74, 6) is 1.38. The number of pyridine rings is 1. The summed E-state index contributed by atoms with van der Waals surface area (Å²) >= 11 is 6.11. The molecule has 8 heteroatoms. The molecule has 2 aromatic carbocycles. The molecule has 0 unspecified atom stereocenters. The molecule has 3 aromatic heterocycles. The summed E-state index contributed by atoms with van der Waals surface area (Å²) in [7, 11) is 0. The van der Waals surface area contributed by atoms with Crippen molar-refractivity contribution in [2.75, 3.05) is 13.1 Å². The van der Waals surface area contributed by atoms with Crippen LogP contribution in [-0.2, 0) is 11.2 Å². The zero-order valence-corrected chi connectivity index (χ0v) is 20.4. The molecule has 36 heavy (non-hydrogen) atoms. The Morgan fingerprint density at radius 1 is 0.917 bits per heavy atom. The van der Waals surface area contributed by atoms with Crippen molar-refractivity contribution < 1.29 is 4.79 Å². The fourth-order valence-electron chi connectivity index (χ4n) is 4.90. The zero-order valence-electron chi connectivity index (χ0n) is 19.7. The fourth-order valence-corrected chi connectivity index (χ4v) is 5.03. The average molecular weight is 497 g/mol. The maximum atomic E-state index is 13.4. The summed E-state index contributed by atoms with van der Waals surface area (Å²) < 4.78 is 3.90. The molecule has 0 spiro atoms. The molecule has 0 radical (unpaired) electrons. The molecule has 1 amide bonds. The van der Waals surface area contributed by atoms with Gasteiger partial charge in [-0.3, -0.25) is 9.20 Å². The first-order valence-electron chi connectivity index (χ1n) is 12.1. The van der Waals surface area contributed by atoms with E-state index in [1.165, 1.54) is 0 Å². The molecule has 1 aliphatic rings. The molecule has 0 atom stereocenters. The van der Waals surface area contributed by atoms with Gasteiger partial charge in [-0.05, 0) is 49.2 Å². The van der Waals surface area contributed by atoms with Crippen molar-refractivity contribution in [2.45, 2.75) is 25.2 Å². The van der Waals surface area contributed by atoms with Gasteiger partial charge in [-0.2, -0.15) is 5.10 Å². The molecule has 1 saturated heterocycles. The van der Waals surface area contributed by atoms with Gasteiger partial charge in [0.25, 0.3) is 0 Å². The van der Waals surface area contributed by atoms with Crippen molar-refractivity contribution >= 4 is 23.2 Å². The lowest BCUT2D eigenvalue weighted by Gasteiger charge is -2.31. The van der Waals surface area contributed by atoms with Gasteiger partial charge in [0.2, 0.25) is 5.91 Å². The van der Waals surface area contributed by atoms with Crippen molar-refractivity contribution in [1.82, 2.24) is 29.3 Å². The molecule has 7 nitrogen and oxygen atoms in total. The smallest absolute Gasteiger partial charge is 0.227 e. The Labute approximate surface area is 214 Å². The van der Waals surface area contributed by atoms with Crippen LogP contribution in [0.15, 0.2) is 85.2 Å². The minimum Gasteiger partial charge on any atom is -0.342 e. The van der Waals surface area contributed by atoms with Crippen LogP contribution < -0.4 is 0 Å². The first-order chi connectivity index (χ1) is 17.7. The van der Waals surface area contributed by atoms with Crippen LogP contribution in [0.5, 0.6) is 0 Å². The number of aromatic nitrogens is 5. The number of halogens is 1. The van der Waals surface area contributed by atoms with Gasteiger partial charge >= 0.3 is 0 Å². The number of amides is 1. The highest BCUT2D eigenvalue weighted by Crippen LogP contribution is 2.29. The number of para-hydroxylation sites is 1. The quantitative estimate of drug-likeness (QED) is 0.336. The Morgan fingerprint density at radius 3 is 2.44 bits per heavy atom. The largest absolute Gasteiger partial charge is 0.342 e. The van der Waals surface area contributed by atoms with Gasteiger partial charge in [0.1, 0.15) is 5.82 Å². The molecule has 0 bridgehead atoms. The first kappa shape index (κ1) is 22.5. The number of hydrogen-bond donors (Lipinski definition) is 0. The number of rotatable bonds is 5. The Hall–Kier alpha value is -3.97. The molecule has 5 aromatic rings. The minimum atomic E-state index is 0.113. The number of piperidine rings is 1. The second kappa shape index (κ2) is 9.59. The lowest BCUT2D eigenvalue weighted by Crippen LogP contribution is -2.39. The lowest BCUT2D eigenvalue weighted by molar-refractivity contribution is -0.131. The van der Waals surface area contributed by atoms with Crippen LogP contribution in [0, 0.1) is 0 Å². The zero-order chi connectivity index (χ0) is 24.5. The van der Waals surface area contributed by atoms with E-state index >= 15 is 0 Å². The van der Waals surface area contributed by atoms with Crippen molar-refractivity contribution in [3.05, 3.63) is 102 Å². The van der Waals surface area contributed by atoms with Crippen molar-refractivity contribution in [3.63, 3.8) is 0 Å². The maximum Gasteiger partial charge on any atom is 0.227 e. The highest BCUT2D eigenvalue weighted by atomic mass is 35.5. The van der Waals surface area contributed by atoms with Gasteiger partial charge in [-0.25, -0.2) is 4.68 Å². The molecule has 0 aliphatic carbocycles. The summed E-state index contributed by atoms with van der Waals surface area (Å²) in [4.78, 5) is 15.4. The van der Waals surface area contributed by atoms with E-state index in [1.807, 2.05) is 94.8 Å². The molecule has 4 heterocycles. The van der Waals surface area contributed by atoms with Crippen molar-refractivity contribution in [2.24, 2.45) is 0 Å². The van der Waals surface area contributed by atoms with Gasteiger partial charge in [0.15, 0.2) is 5.65 Å². The van der Waals surface area contributed by atoms with Crippen LogP contribution in [0.4, 0.5) is 0 Å². The second-order valence-electron chi connectivity index (χ2n) is 9.11. The monoisotopic (exact) mass is 496 g/mol. The third-order valence-electron chi connectivity index (χ3n) is 6.82. The molecule has 180 valence electrons. The number of carbonyl (C=O) groups is 1. The van der Waals surface area contributed by atoms with Gasteiger partial charge in [-0.1, -0.05) is 48.0 Å². The topological polar surface area (TPSA) is 68.3 Å². The summed E-state index contributed by atoms with van der Waals surface area (Å²) in [6.07, 6.45) is 6.00. The average Bonchev–Trinajstić information content (AvgIpc) is 3.54. The van der Waals surface area contributed by atoms with E-state index in [9.17, 15) is 4.79 Å². The Morgan fingerprint density at radius 2 is 1.67 bits per heavy atom. The predicted octanol–water partition coefficient (Wildman–Crippen LogP) is 5.18. The van der Waals surface area contributed by atoms with Gasteiger partial charge in [0, 0.05) is 47.6 Å². The highest BCUT2D eigenvalue weighted by molar-refractivity contribution is 6.30. The fraction of sp³-hybridized carbons (Fsp3) is 0.214. The third kappa shape index (κ3) is 4.38. The first-order valence-corrected chi connectivity index (χ1v) is 12.5. The molecule has 0 saturated carbocycles. The van der Waals surface area contributed by atoms with E-state index < -0.39 is 0 Å². The lowest BCUT2D eigenvalue weighted by atomic mass is 9.95. The van der Waals surface area contributed by atoms with Crippen LogP contribution >= 0.6 is 11.6 Å². The van der Waals surface area contributed by atoms with E-state index in [0.29, 0.717) is 24.5 Å². The number of benzene rings is 2. The number of hydrogen-bond acceptors (Lipinski definition) is 4. The Kier molecular flexibility index (Phi) is 5.99. The Bertz CT molecular complexity index is 1500. The van der Waals surface area contributed by atoms with E-state index in [1.54, 1.807) is 0 Å². The molecule has 6 rings (SSSR count). The van der Waals surface area contributed by atoms with Crippen LogP contribution in [0.3, 0.4) is 0 Å². The molecule has 1 aliphatic heterocycles. The van der Waals surface area contributed by atoms with E-state index in [-0.39, 0.29) is 11.8 Å². The highest BCUT2D eigenvalue weighted by Gasteiger charge is 2.27. The van der Waals surface area contributed by atoms with E-state index in [4.69, 9.17) is 16.7 Å². The summed E-state index contributed by atoms with van der Waals surface area (Å²) in [5, 5.41) is 14.2. The third-order valence-corrected chi connectivity index (χ3v) is 7.07. The minimum absolute atomic E-state index is 0.113. The van der Waals surface area contributed by atoms with Gasteiger partial charge < -0.3 is 4.90 Å². The van der Waals surface area contributed by atoms with E-state index in [2.05, 4.69) is 14.6 Å². The predicted molar refractivity (Wildman–Crippen MR) is 139 cm³/mol. The second-order valence-corrected chi connectivity index (χ2v) is 9.55. The number of fused-ring (bicyclic) bond motifs is 1. The van der Waals surface area contributed by atoms with Gasteiger partial charge in [-0.15, -0.1) is 10.2 Å². The normalized spacial score (nSPS) is 14.4. The summed E-state index contributed by atoms with van der Waals surface area (Å²) in [6, 6.07) is 23.5. The van der Waals surface area contributed by atoms with Crippen molar-refractivity contribution in [3.8, 4) is 16.9 Å². The van der Waals surface area contributed by atoms with Gasteiger partial charge in [0.05, 0.1) is 17.8 Å².